The summed E-state index contributed by atoms with van der Waals surface area (Å²) in [5.41, 5.74) is 1.53. The van der Waals surface area contributed by atoms with Gasteiger partial charge in [-0.2, -0.15) is 0 Å². The minimum absolute atomic E-state index is 0.136. The highest BCUT2D eigenvalue weighted by molar-refractivity contribution is 5.94. The van der Waals surface area contributed by atoms with Crippen LogP contribution >= 0.6 is 0 Å². The molecule has 6 nitrogen and oxygen atoms in total. The monoisotopic (exact) mass is 430 g/mol. The van der Waals surface area contributed by atoms with Crippen LogP contribution in [0.2, 0.25) is 0 Å². The minimum atomic E-state index is -0.481. The maximum Gasteiger partial charge on any atom is 0.309 e. The molecule has 0 spiro atoms. The number of carbonyl (C=O) groups excluding carboxylic acids is 3. The second kappa shape index (κ2) is 10.1. The molecule has 2 aromatic rings. The smallest absolute Gasteiger partial charge is 0.309 e. The molecular formula is C23H24F2N2O4. The second-order valence-electron chi connectivity index (χ2n) is 7.54. The largest absolute Gasteiger partial charge is 0.455 e. The number of aryl methyl sites for hydroxylation is 1. The number of hydrogen-bond donors (Lipinski definition) is 1. The summed E-state index contributed by atoms with van der Waals surface area (Å²) < 4.78 is 31.6. The Morgan fingerprint density at radius 3 is 2.39 bits per heavy atom. The van der Waals surface area contributed by atoms with Crippen LogP contribution in [0.1, 0.15) is 34.3 Å². The summed E-state index contributed by atoms with van der Waals surface area (Å²) in [6.45, 7) is 2.13. The lowest BCUT2D eigenvalue weighted by Gasteiger charge is -2.31. The molecule has 31 heavy (non-hydrogen) atoms. The normalized spacial score (nSPS) is 14.2. The van der Waals surface area contributed by atoms with Crippen LogP contribution in [-0.4, -0.2) is 42.4 Å². The third-order valence-corrected chi connectivity index (χ3v) is 5.28. The number of halogens is 2. The highest BCUT2D eigenvalue weighted by Crippen LogP contribution is 2.20. The summed E-state index contributed by atoms with van der Waals surface area (Å²) in [4.78, 5) is 38.2. The molecule has 0 unspecified atom stereocenters. The Labute approximate surface area is 179 Å². The van der Waals surface area contributed by atoms with E-state index in [9.17, 15) is 23.2 Å². The van der Waals surface area contributed by atoms with Gasteiger partial charge < -0.3 is 15.0 Å². The van der Waals surface area contributed by atoms with E-state index in [2.05, 4.69) is 5.32 Å². The molecule has 1 heterocycles. The van der Waals surface area contributed by atoms with E-state index in [1.54, 1.807) is 24.0 Å². The van der Waals surface area contributed by atoms with E-state index >= 15 is 0 Å². The molecule has 1 saturated heterocycles. The molecular weight excluding hydrogens is 406 g/mol. The molecule has 0 atom stereocenters. The molecule has 0 bridgehead atoms. The number of nitrogens with one attached hydrogen (secondary N) is 1. The zero-order chi connectivity index (χ0) is 22.4. The molecule has 3 rings (SSSR count). The van der Waals surface area contributed by atoms with Gasteiger partial charge in [-0.3, -0.25) is 14.4 Å². The Kier molecular flexibility index (Phi) is 7.33. The Balaban J connectivity index is 1.39. The fraction of sp³-hybridized carbons (Fsp3) is 0.348. The van der Waals surface area contributed by atoms with Gasteiger partial charge in [-0.1, -0.05) is 12.1 Å². The van der Waals surface area contributed by atoms with Gasteiger partial charge in [0, 0.05) is 25.2 Å². The third-order valence-electron chi connectivity index (χ3n) is 5.28. The number of amides is 2. The minimum Gasteiger partial charge on any atom is -0.455 e. The molecule has 8 heteroatoms. The van der Waals surface area contributed by atoms with E-state index in [1.807, 2.05) is 0 Å². The van der Waals surface area contributed by atoms with E-state index in [0.717, 1.165) is 0 Å². The number of hydrogen-bond acceptors (Lipinski definition) is 4. The number of rotatable bonds is 6. The van der Waals surface area contributed by atoms with Crippen LogP contribution in [0.25, 0.3) is 0 Å². The van der Waals surface area contributed by atoms with Gasteiger partial charge >= 0.3 is 5.97 Å². The topological polar surface area (TPSA) is 75.7 Å². The number of likely N-dealkylation sites (tertiary alicyclic amines) is 1. The van der Waals surface area contributed by atoms with E-state index in [-0.39, 0.29) is 18.3 Å². The SMILES string of the molecule is Cc1ccc(CNC(=O)COC(=O)C2CCN(C(=O)c3ccc(F)cc3)CC2)cc1F. The van der Waals surface area contributed by atoms with Crippen LogP contribution in [0.3, 0.4) is 0 Å². The Morgan fingerprint density at radius 1 is 1.06 bits per heavy atom. The number of piperidine rings is 1. The van der Waals surface area contributed by atoms with Gasteiger partial charge in [0.15, 0.2) is 6.61 Å². The number of carbonyl (C=O) groups is 3. The molecule has 1 aliphatic rings. The van der Waals surface area contributed by atoms with Crippen molar-refractivity contribution in [2.24, 2.45) is 5.92 Å². The first-order valence-electron chi connectivity index (χ1n) is 10.1. The predicted octanol–water partition coefficient (Wildman–Crippen LogP) is 2.99. The molecule has 0 saturated carbocycles. The quantitative estimate of drug-likeness (QED) is 0.715. The third kappa shape index (κ3) is 6.10. The zero-order valence-electron chi connectivity index (χ0n) is 17.2. The van der Waals surface area contributed by atoms with Crippen molar-refractivity contribution in [3.8, 4) is 0 Å². The number of ether oxygens (including phenoxy) is 1. The molecule has 1 N–H and O–H groups in total. The van der Waals surface area contributed by atoms with E-state index in [0.29, 0.717) is 42.6 Å². The summed E-state index contributed by atoms with van der Waals surface area (Å²) in [5, 5.41) is 2.59. The molecule has 1 aliphatic heterocycles. The first-order valence-corrected chi connectivity index (χ1v) is 10.1. The molecule has 1 fully saturated rings. The number of benzene rings is 2. The van der Waals surface area contributed by atoms with E-state index < -0.39 is 30.2 Å². The summed E-state index contributed by atoms with van der Waals surface area (Å²) in [6.07, 6.45) is 0.853. The van der Waals surface area contributed by atoms with Crippen LogP contribution in [0.15, 0.2) is 42.5 Å². The fourth-order valence-corrected chi connectivity index (χ4v) is 3.35. The zero-order valence-corrected chi connectivity index (χ0v) is 17.2. The van der Waals surface area contributed by atoms with E-state index in [1.165, 1.54) is 30.3 Å². The lowest BCUT2D eigenvalue weighted by molar-refractivity contribution is -0.153. The van der Waals surface area contributed by atoms with Crippen LogP contribution in [0, 0.1) is 24.5 Å². The molecule has 2 amide bonds. The van der Waals surface area contributed by atoms with Crippen LogP contribution in [0.4, 0.5) is 8.78 Å². The van der Waals surface area contributed by atoms with Crippen LogP contribution in [0.5, 0.6) is 0 Å². The first kappa shape index (κ1) is 22.4. The summed E-state index contributed by atoms with van der Waals surface area (Å²) >= 11 is 0. The first-order chi connectivity index (χ1) is 14.8. The maximum absolute atomic E-state index is 13.5. The average molecular weight is 430 g/mol. The van der Waals surface area contributed by atoms with Crippen molar-refractivity contribution < 1.29 is 27.9 Å². The lowest BCUT2D eigenvalue weighted by atomic mass is 9.96. The Bertz CT molecular complexity index is 955. The van der Waals surface area contributed by atoms with Gasteiger partial charge in [0.05, 0.1) is 5.92 Å². The highest BCUT2D eigenvalue weighted by Gasteiger charge is 2.29. The molecule has 0 radical (unpaired) electrons. The van der Waals surface area contributed by atoms with Gasteiger partial charge in [0.25, 0.3) is 11.8 Å². The van der Waals surface area contributed by atoms with Gasteiger partial charge in [0.1, 0.15) is 11.6 Å². The van der Waals surface area contributed by atoms with Crippen LogP contribution < -0.4 is 5.32 Å². The van der Waals surface area contributed by atoms with Crippen LogP contribution in [-0.2, 0) is 20.9 Å². The van der Waals surface area contributed by atoms with Crippen molar-refractivity contribution in [3.63, 3.8) is 0 Å². The van der Waals surface area contributed by atoms with Crippen molar-refractivity contribution in [2.45, 2.75) is 26.3 Å². The summed E-state index contributed by atoms with van der Waals surface area (Å²) in [7, 11) is 0. The molecule has 0 aromatic heterocycles. The van der Waals surface area contributed by atoms with Crippen molar-refractivity contribution >= 4 is 17.8 Å². The standard InChI is InChI=1S/C23H24F2N2O4/c1-15-2-3-16(12-20(15)25)13-26-21(28)14-31-23(30)18-8-10-27(11-9-18)22(29)17-4-6-19(24)7-5-17/h2-7,12,18H,8-11,13-14H2,1H3,(H,26,28). The van der Waals surface area contributed by atoms with Gasteiger partial charge in [-0.15, -0.1) is 0 Å². The van der Waals surface area contributed by atoms with Crippen molar-refractivity contribution in [1.82, 2.24) is 10.2 Å². The summed E-state index contributed by atoms with van der Waals surface area (Å²) in [5.74, 6) is -2.31. The number of esters is 1. The molecule has 2 aromatic carbocycles. The van der Waals surface area contributed by atoms with Gasteiger partial charge in [0.2, 0.25) is 0 Å². The van der Waals surface area contributed by atoms with Crippen molar-refractivity contribution in [3.05, 3.63) is 70.8 Å². The maximum atomic E-state index is 13.5. The Hall–Kier alpha value is -3.29. The lowest BCUT2D eigenvalue weighted by Crippen LogP contribution is -2.41. The van der Waals surface area contributed by atoms with Crippen molar-refractivity contribution in [1.29, 1.82) is 0 Å². The summed E-state index contributed by atoms with van der Waals surface area (Å²) in [6, 6.07) is 10.0. The number of nitrogens with zero attached hydrogens (tertiary/aromatic N) is 1. The van der Waals surface area contributed by atoms with Gasteiger partial charge in [-0.25, -0.2) is 8.78 Å². The molecule has 0 aliphatic carbocycles. The predicted molar refractivity (Wildman–Crippen MR) is 109 cm³/mol. The second-order valence-corrected chi connectivity index (χ2v) is 7.54. The molecule has 164 valence electrons. The fourth-order valence-electron chi connectivity index (χ4n) is 3.35. The van der Waals surface area contributed by atoms with Crippen molar-refractivity contribution in [2.75, 3.05) is 19.7 Å². The Morgan fingerprint density at radius 2 is 1.74 bits per heavy atom. The highest BCUT2D eigenvalue weighted by atomic mass is 19.1. The van der Waals surface area contributed by atoms with E-state index in [4.69, 9.17) is 4.74 Å². The average Bonchev–Trinajstić information content (AvgIpc) is 2.78. The van der Waals surface area contributed by atoms with Gasteiger partial charge in [-0.05, 0) is 61.2 Å².